The van der Waals surface area contributed by atoms with Gasteiger partial charge in [-0.25, -0.2) is 4.98 Å². The summed E-state index contributed by atoms with van der Waals surface area (Å²) in [5, 5.41) is 2.98. The molecule has 1 fully saturated rings. The molecule has 0 aliphatic heterocycles. The lowest BCUT2D eigenvalue weighted by Crippen LogP contribution is -2.32. The average molecular weight is 267 g/mol. The number of amides is 1. The number of rotatable bonds is 4. The third-order valence-corrected chi connectivity index (χ3v) is 3.57. The molecule has 102 valence electrons. The van der Waals surface area contributed by atoms with Crippen molar-refractivity contribution >= 4 is 23.0 Å². The summed E-state index contributed by atoms with van der Waals surface area (Å²) < 4.78 is 0. The fourth-order valence-electron chi connectivity index (χ4n) is 2.20. The first kappa shape index (κ1) is 12.8. The van der Waals surface area contributed by atoms with Gasteiger partial charge in [0, 0.05) is 12.1 Å². The molecule has 4 heteroatoms. The van der Waals surface area contributed by atoms with Gasteiger partial charge >= 0.3 is 0 Å². The predicted octanol–water partition coefficient (Wildman–Crippen LogP) is 2.56. The van der Waals surface area contributed by atoms with E-state index in [0.717, 1.165) is 11.0 Å². The highest BCUT2D eigenvalue weighted by Gasteiger charge is 2.28. The molecular weight excluding hydrogens is 250 g/mol. The summed E-state index contributed by atoms with van der Waals surface area (Å²) >= 11 is 0. The Bertz CT molecular complexity index is 662. The Balaban J connectivity index is 1.68. The molecular formula is C16H17N3O. The van der Waals surface area contributed by atoms with Gasteiger partial charge in [-0.3, -0.25) is 9.78 Å². The second-order valence-corrected chi connectivity index (χ2v) is 5.25. The van der Waals surface area contributed by atoms with Gasteiger partial charge in [0.2, 0.25) is 5.91 Å². The quantitative estimate of drug-likeness (QED) is 0.866. The summed E-state index contributed by atoms with van der Waals surface area (Å²) in [5.41, 5.74) is 2.38. The molecule has 0 radical (unpaired) electrons. The van der Waals surface area contributed by atoms with E-state index >= 15 is 0 Å². The number of fused-ring (bicyclic) bond motifs is 1. The van der Waals surface area contributed by atoms with Crippen LogP contribution < -0.4 is 5.32 Å². The molecule has 1 aliphatic rings. The lowest BCUT2D eigenvalue weighted by atomic mass is 10.2. The van der Waals surface area contributed by atoms with Crippen LogP contribution in [0.1, 0.15) is 25.5 Å². The lowest BCUT2D eigenvalue weighted by Gasteiger charge is -2.10. The van der Waals surface area contributed by atoms with Crippen molar-refractivity contribution in [2.45, 2.75) is 25.8 Å². The molecule has 1 atom stereocenters. The smallest absolute Gasteiger partial charge is 0.244 e. The number of hydrogen-bond acceptors (Lipinski definition) is 3. The number of aromatic nitrogens is 2. The average Bonchev–Trinajstić information content (AvgIpc) is 3.29. The van der Waals surface area contributed by atoms with Crippen LogP contribution in [0.25, 0.3) is 17.1 Å². The summed E-state index contributed by atoms with van der Waals surface area (Å²) in [7, 11) is 0. The van der Waals surface area contributed by atoms with Gasteiger partial charge in [0.05, 0.1) is 22.9 Å². The highest BCUT2D eigenvalue weighted by molar-refractivity contribution is 5.91. The molecule has 0 saturated heterocycles. The van der Waals surface area contributed by atoms with Crippen LogP contribution in [0.3, 0.4) is 0 Å². The van der Waals surface area contributed by atoms with Gasteiger partial charge in [-0.05, 0) is 43.9 Å². The van der Waals surface area contributed by atoms with E-state index in [1.165, 1.54) is 18.9 Å². The number of benzene rings is 1. The van der Waals surface area contributed by atoms with Gasteiger partial charge in [0.15, 0.2) is 0 Å². The Labute approximate surface area is 117 Å². The van der Waals surface area contributed by atoms with E-state index in [2.05, 4.69) is 22.2 Å². The predicted molar refractivity (Wildman–Crippen MR) is 78.9 cm³/mol. The second-order valence-electron chi connectivity index (χ2n) is 5.25. The van der Waals surface area contributed by atoms with Gasteiger partial charge in [0.25, 0.3) is 0 Å². The first-order valence-corrected chi connectivity index (χ1v) is 6.93. The van der Waals surface area contributed by atoms with Crippen LogP contribution in [0.2, 0.25) is 0 Å². The molecule has 1 unspecified atom stereocenters. The third kappa shape index (κ3) is 3.02. The Morgan fingerprint density at radius 1 is 1.35 bits per heavy atom. The topological polar surface area (TPSA) is 54.9 Å². The van der Waals surface area contributed by atoms with Crippen molar-refractivity contribution in [3.8, 4) is 0 Å². The van der Waals surface area contributed by atoms with E-state index in [9.17, 15) is 4.79 Å². The maximum absolute atomic E-state index is 11.8. The fourth-order valence-corrected chi connectivity index (χ4v) is 2.20. The highest BCUT2D eigenvalue weighted by Crippen LogP contribution is 2.32. The fraction of sp³-hybridized carbons (Fsp3) is 0.312. The Kier molecular flexibility index (Phi) is 3.46. The Morgan fingerprint density at radius 2 is 2.10 bits per heavy atom. The van der Waals surface area contributed by atoms with Gasteiger partial charge in [-0.15, -0.1) is 0 Å². The number of hydrogen-bond donors (Lipinski definition) is 1. The summed E-state index contributed by atoms with van der Waals surface area (Å²) in [6.07, 6.45) is 7.35. The molecule has 0 spiro atoms. The molecule has 0 bridgehead atoms. The van der Waals surface area contributed by atoms with Crippen LogP contribution in [-0.2, 0) is 4.79 Å². The van der Waals surface area contributed by atoms with Gasteiger partial charge < -0.3 is 5.32 Å². The summed E-state index contributed by atoms with van der Waals surface area (Å²) in [6, 6.07) is 7.94. The molecule has 1 aromatic heterocycles. The number of para-hydroxylation sites is 2. The van der Waals surface area contributed by atoms with Gasteiger partial charge in [-0.2, -0.15) is 0 Å². The molecule has 1 heterocycles. The number of nitrogens with zero attached hydrogens (tertiary/aromatic N) is 2. The van der Waals surface area contributed by atoms with Crippen molar-refractivity contribution in [3.63, 3.8) is 0 Å². The molecule has 2 aromatic rings. The minimum absolute atomic E-state index is 0.0700. The first-order valence-electron chi connectivity index (χ1n) is 6.93. The lowest BCUT2D eigenvalue weighted by molar-refractivity contribution is -0.117. The standard InChI is InChI=1S/C16H17N3O/c1-11(12-6-7-12)18-16(20)9-8-13-10-17-14-4-2-3-5-15(14)19-13/h2-5,8-12H,6-7H2,1H3,(H,18,20)/b9-8+. The van der Waals surface area contributed by atoms with E-state index < -0.39 is 0 Å². The molecule has 4 nitrogen and oxygen atoms in total. The SMILES string of the molecule is CC(NC(=O)/C=C/c1cnc2ccccc2n1)C1CC1. The molecule has 1 saturated carbocycles. The van der Waals surface area contributed by atoms with Gasteiger partial charge in [-0.1, -0.05) is 12.1 Å². The van der Waals surface area contributed by atoms with Crippen LogP contribution >= 0.6 is 0 Å². The first-order chi connectivity index (χ1) is 9.72. The van der Waals surface area contributed by atoms with E-state index in [1.807, 2.05) is 24.3 Å². The molecule has 1 amide bonds. The zero-order valence-corrected chi connectivity index (χ0v) is 11.4. The normalized spacial score (nSPS) is 16.4. The summed E-state index contributed by atoms with van der Waals surface area (Å²) in [4.78, 5) is 20.5. The number of carbonyl (C=O) groups is 1. The second kappa shape index (κ2) is 5.41. The van der Waals surface area contributed by atoms with Crippen molar-refractivity contribution in [1.82, 2.24) is 15.3 Å². The van der Waals surface area contributed by atoms with Crippen molar-refractivity contribution in [1.29, 1.82) is 0 Å². The third-order valence-electron chi connectivity index (χ3n) is 3.57. The highest BCUT2D eigenvalue weighted by atomic mass is 16.1. The zero-order valence-electron chi connectivity index (χ0n) is 11.4. The summed E-state index contributed by atoms with van der Waals surface area (Å²) in [6.45, 7) is 2.05. The maximum Gasteiger partial charge on any atom is 0.244 e. The largest absolute Gasteiger partial charge is 0.350 e. The van der Waals surface area contributed by atoms with E-state index in [4.69, 9.17) is 0 Å². The van der Waals surface area contributed by atoms with Crippen LogP contribution in [0.5, 0.6) is 0 Å². The Hall–Kier alpha value is -2.23. The molecule has 1 aromatic carbocycles. The van der Waals surface area contributed by atoms with Crippen LogP contribution in [0.15, 0.2) is 36.5 Å². The van der Waals surface area contributed by atoms with E-state index in [1.54, 1.807) is 12.3 Å². The minimum atomic E-state index is -0.0700. The van der Waals surface area contributed by atoms with Crippen LogP contribution in [-0.4, -0.2) is 21.9 Å². The van der Waals surface area contributed by atoms with E-state index in [-0.39, 0.29) is 11.9 Å². The number of carbonyl (C=O) groups excluding carboxylic acids is 1. The van der Waals surface area contributed by atoms with Crippen molar-refractivity contribution in [3.05, 3.63) is 42.2 Å². The molecule has 20 heavy (non-hydrogen) atoms. The van der Waals surface area contributed by atoms with E-state index in [0.29, 0.717) is 11.6 Å². The number of nitrogens with one attached hydrogen (secondary N) is 1. The summed E-state index contributed by atoms with van der Waals surface area (Å²) in [5.74, 6) is 0.590. The van der Waals surface area contributed by atoms with Crippen molar-refractivity contribution < 1.29 is 4.79 Å². The van der Waals surface area contributed by atoms with Crippen LogP contribution in [0, 0.1) is 5.92 Å². The minimum Gasteiger partial charge on any atom is -0.350 e. The Morgan fingerprint density at radius 3 is 2.85 bits per heavy atom. The van der Waals surface area contributed by atoms with Crippen molar-refractivity contribution in [2.24, 2.45) is 5.92 Å². The van der Waals surface area contributed by atoms with Crippen molar-refractivity contribution in [2.75, 3.05) is 0 Å². The molecule has 1 N–H and O–H groups in total. The van der Waals surface area contributed by atoms with Crippen LogP contribution in [0.4, 0.5) is 0 Å². The van der Waals surface area contributed by atoms with Gasteiger partial charge in [0.1, 0.15) is 0 Å². The zero-order chi connectivity index (χ0) is 13.9. The maximum atomic E-state index is 11.8. The molecule has 1 aliphatic carbocycles. The monoisotopic (exact) mass is 267 g/mol. The molecule has 3 rings (SSSR count).